The first-order valence-electron chi connectivity index (χ1n) is 10.5. The normalized spacial score (nSPS) is 30.0. The van der Waals surface area contributed by atoms with Crippen LogP contribution in [0.3, 0.4) is 0 Å². The van der Waals surface area contributed by atoms with Gasteiger partial charge < -0.3 is 19.3 Å². The number of pyridine rings is 1. The molecular weight excluding hydrogens is 452 g/mol. The maximum atomic E-state index is 13.6. The molecule has 12 heteroatoms. The van der Waals surface area contributed by atoms with Gasteiger partial charge in [0.2, 0.25) is 6.23 Å². The Morgan fingerprint density at radius 2 is 1.94 bits per heavy atom. The number of aromatic nitrogens is 1. The van der Waals surface area contributed by atoms with E-state index in [2.05, 4.69) is 9.88 Å². The number of hydrogen-bond donors (Lipinski definition) is 0. The van der Waals surface area contributed by atoms with E-state index in [1.54, 1.807) is 18.2 Å². The molecule has 4 rings (SSSR count). The number of esters is 1. The lowest BCUT2D eigenvalue weighted by Crippen LogP contribution is -2.58. The van der Waals surface area contributed by atoms with Crippen molar-refractivity contribution in [3.8, 4) is 0 Å². The third-order valence-electron chi connectivity index (χ3n) is 6.23. The third kappa shape index (κ3) is 3.86. The first-order valence-corrected chi connectivity index (χ1v) is 12.1. The van der Waals surface area contributed by atoms with E-state index in [-0.39, 0.29) is 5.57 Å². The van der Waals surface area contributed by atoms with Crippen molar-refractivity contribution in [2.75, 3.05) is 39.8 Å². The van der Waals surface area contributed by atoms with Gasteiger partial charge >= 0.3 is 12.1 Å². The lowest BCUT2D eigenvalue weighted by Gasteiger charge is -2.38. The second-order valence-corrected chi connectivity index (χ2v) is 11.1. The molecule has 3 saturated heterocycles. The highest BCUT2D eigenvalue weighted by Crippen LogP contribution is 2.49. The van der Waals surface area contributed by atoms with E-state index in [0.29, 0.717) is 31.9 Å². The number of piperazine rings is 1. The second-order valence-electron chi connectivity index (χ2n) is 8.58. The largest absolute Gasteiger partial charge is 0.447 e. The molecule has 0 unspecified atom stereocenters. The van der Waals surface area contributed by atoms with Crippen LogP contribution in [0.25, 0.3) is 6.08 Å². The molecule has 3 atom stereocenters. The molecule has 11 nitrogen and oxygen atoms in total. The Hall–Kier alpha value is -2.99. The van der Waals surface area contributed by atoms with E-state index in [0.717, 1.165) is 11.8 Å². The van der Waals surface area contributed by atoms with Gasteiger partial charge in [-0.3, -0.25) is 19.5 Å². The number of sulfone groups is 1. The average Bonchev–Trinajstić information content (AvgIpc) is 2.92. The summed E-state index contributed by atoms with van der Waals surface area (Å²) < 4.78 is 36.0. The number of ether oxygens (including phenoxy) is 2. The first-order chi connectivity index (χ1) is 15.6. The molecule has 0 bridgehead atoms. The Bertz CT molecular complexity index is 1100. The molecule has 0 radical (unpaired) electrons. The van der Waals surface area contributed by atoms with Crippen LogP contribution in [0.1, 0.15) is 19.5 Å². The number of carbonyl (C=O) groups is 3. The topological polar surface area (TPSA) is 126 Å². The van der Waals surface area contributed by atoms with Crippen LogP contribution in [0.4, 0.5) is 4.79 Å². The second kappa shape index (κ2) is 8.41. The molecule has 0 spiro atoms. The van der Waals surface area contributed by atoms with E-state index in [1.165, 1.54) is 24.1 Å². The van der Waals surface area contributed by atoms with Crippen LogP contribution in [-0.4, -0.2) is 102 Å². The SMILES string of the molecule is CC(=O)O[C@@H]1N2C(=O)/C(=C/c3ccccn3)[C@H]2S(=O)(=O)[C@@]1(C)COC(=O)N1CCN(C)CC1. The summed E-state index contributed by atoms with van der Waals surface area (Å²) in [7, 11) is -2.19. The molecule has 33 heavy (non-hydrogen) atoms. The number of hydrogen-bond acceptors (Lipinski definition) is 9. The van der Waals surface area contributed by atoms with E-state index >= 15 is 0 Å². The third-order valence-corrected chi connectivity index (χ3v) is 8.92. The van der Waals surface area contributed by atoms with Gasteiger partial charge in [-0.25, -0.2) is 13.2 Å². The van der Waals surface area contributed by atoms with Gasteiger partial charge in [0.25, 0.3) is 5.91 Å². The van der Waals surface area contributed by atoms with Gasteiger partial charge in [-0.2, -0.15) is 0 Å². The van der Waals surface area contributed by atoms with Crippen LogP contribution >= 0.6 is 0 Å². The number of nitrogens with zero attached hydrogens (tertiary/aromatic N) is 4. The minimum atomic E-state index is -4.13. The molecule has 0 N–H and O–H groups in total. The van der Waals surface area contributed by atoms with Gasteiger partial charge in [0.1, 0.15) is 6.61 Å². The van der Waals surface area contributed by atoms with Crippen LogP contribution in [0.5, 0.6) is 0 Å². The minimum Gasteiger partial charge on any atom is -0.447 e. The van der Waals surface area contributed by atoms with Crippen molar-refractivity contribution in [3.63, 3.8) is 0 Å². The fourth-order valence-electron chi connectivity index (χ4n) is 4.21. The number of likely N-dealkylation sites (N-methyl/N-ethyl adjacent to an activating group) is 1. The van der Waals surface area contributed by atoms with Crippen LogP contribution in [0.2, 0.25) is 0 Å². The minimum absolute atomic E-state index is 0.0278. The molecule has 0 aliphatic carbocycles. The number of fused-ring (bicyclic) bond motifs is 1. The molecule has 1 aromatic rings. The van der Waals surface area contributed by atoms with Crippen molar-refractivity contribution >= 4 is 33.9 Å². The Morgan fingerprint density at radius 1 is 1.24 bits per heavy atom. The van der Waals surface area contributed by atoms with E-state index in [1.807, 2.05) is 7.05 Å². The zero-order chi connectivity index (χ0) is 24.0. The molecule has 4 heterocycles. The van der Waals surface area contributed by atoms with Gasteiger partial charge in [-0.05, 0) is 32.2 Å². The zero-order valence-electron chi connectivity index (χ0n) is 18.6. The predicted octanol–water partition coefficient (Wildman–Crippen LogP) is 0.0936. The van der Waals surface area contributed by atoms with E-state index in [4.69, 9.17) is 9.47 Å². The summed E-state index contributed by atoms with van der Waals surface area (Å²) in [5.74, 6) is -1.32. The van der Waals surface area contributed by atoms with Crippen molar-refractivity contribution in [2.24, 2.45) is 0 Å². The number of amides is 2. The van der Waals surface area contributed by atoms with Gasteiger partial charge in [0.15, 0.2) is 20.0 Å². The molecule has 3 aliphatic rings. The Labute approximate surface area is 191 Å². The summed E-state index contributed by atoms with van der Waals surface area (Å²) in [6.45, 7) is 4.16. The summed E-state index contributed by atoms with van der Waals surface area (Å²) in [6.07, 6.45) is 0.873. The molecule has 0 aromatic carbocycles. The van der Waals surface area contributed by atoms with Crippen molar-refractivity contribution < 1.29 is 32.3 Å². The number of carbonyl (C=O) groups excluding carboxylic acids is 3. The van der Waals surface area contributed by atoms with Crippen LogP contribution < -0.4 is 0 Å². The van der Waals surface area contributed by atoms with Crippen molar-refractivity contribution in [2.45, 2.75) is 30.2 Å². The molecular formula is C21H26N4O7S. The highest BCUT2D eigenvalue weighted by molar-refractivity contribution is 7.94. The monoisotopic (exact) mass is 478 g/mol. The number of β-lactam (4-membered cyclic amide) rings is 1. The molecule has 3 aliphatic heterocycles. The highest BCUT2D eigenvalue weighted by Gasteiger charge is 2.72. The summed E-state index contributed by atoms with van der Waals surface area (Å²) >= 11 is 0. The maximum absolute atomic E-state index is 13.6. The van der Waals surface area contributed by atoms with Crippen molar-refractivity contribution in [1.82, 2.24) is 19.7 Å². The first kappa shape index (κ1) is 23.2. The summed E-state index contributed by atoms with van der Waals surface area (Å²) in [4.78, 5) is 45.9. The molecule has 0 saturated carbocycles. The molecule has 178 valence electrons. The van der Waals surface area contributed by atoms with Crippen molar-refractivity contribution in [3.05, 3.63) is 35.7 Å². The summed E-state index contributed by atoms with van der Waals surface area (Å²) in [5, 5.41) is -1.32. The van der Waals surface area contributed by atoms with Crippen molar-refractivity contribution in [1.29, 1.82) is 0 Å². The van der Waals surface area contributed by atoms with Crippen LogP contribution in [0, 0.1) is 0 Å². The van der Waals surface area contributed by atoms with E-state index in [9.17, 15) is 22.8 Å². The lowest BCUT2D eigenvalue weighted by molar-refractivity contribution is -0.169. The fourth-order valence-corrected chi connectivity index (χ4v) is 6.40. The van der Waals surface area contributed by atoms with Gasteiger partial charge in [0, 0.05) is 39.3 Å². The fraction of sp³-hybridized carbons (Fsp3) is 0.524. The quantitative estimate of drug-likeness (QED) is 0.336. The Morgan fingerprint density at radius 3 is 2.55 bits per heavy atom. The molecule has 3 fully saturated rings. The average molecular weight is 479 g/mol. The van der Waals surface area contributed by atoms with Gasteiger partial charge in [0.05, 0.1) is 11.3 Å². The number of rotatable bonds is 4. The van der Waals surface area contributed by atoms with Gasteiger partial charge in [-0.1, -0.05) is 6.07 Å². The van der Waals surface area contributed by atoms with Gasteiger partial charge in [-0.15, -0.1) is 0 Å². The Kier molecular flexibility index (Phi) is 5.91. The predicted molar refractivity (Wildman–Crippen MR) is 116 cm³/mol. The smallest absolute Gasteiger partial charge is 0.409 e. The molecule has 2 amide bonds. The maximum Gasteiger partial charge on any atom is 0.409 e. The van der Waals surface area contributed by atoms with E-state index < -0.39 is 50.8 Å². The summed E-state index contributed by atoms with van der Waals surface area (Å²) in [5.41, 5.74) is 0.454. The Balaban J connectivity index is 1.61. The zero-order valence-corrected chi connectivity index (χ0v) is 19.4. The standard InChI is InChI=1S/C21H26N4O7S/c1-14(26)32-19-21(2,13-31-20(28)24-10-8-23(3)9-11-24)33(29,30)18-16(17(27)25(18)19)12-15-6-4-5-7-22-15/h4-7,12,18-19H,8-11,13H2,1-3H3/b16-12-/t18-,19+,21+/m1/s1. The lowest BCUT2D eigenvalue weighted by atomic mass is 10.0. The van der Waals surface area contributed by atoms with Crippen LogP contribution in [0.15, 0.2) is 30.0 Å². The molecule has 1 aromatic heterocycles. The summed E-state index contributed by atoms with van der Waals surface area (Å²) in [6, 6.07) is 5.06. The highest BCUT2D eigenvalue weighted by atomic mass is 32.2. The van der Waals surface area contributed by atoms with Crippen LogP contribution in [-0.2, 0) is 28.9 Å².